The Bertz CT molecular complexity index is 937. The Labute approximate surface area is 197 Å². The van der Waals surface area contributed by atoms with E-state index >= 15 is 0 Å². The minimum Gasteiger partial charge on any atom is -0.465 e. The molecule has 0 spiro atoms. The van der Waals surface area contributed by atoms with Crippen LogP contribution in [0, 0.1) is 5.92 Å². The maximum atomic E-state index is 12.1. The van der Waals surface area contributed by atoms with Gasteiger partial charge in [-0.15, -0.1) is 0 Å². The Balaban J connectivity index is 0.000000238. The van der Waals surface area contributed by atoms with E-state index in [0.29, 0.717) is 24.7 Å². The molecule has 0 fully saturated rings. The standard InChI is InChI=1S/C16H16O2.C13H18O2/c1-2-15(13-9-5-3-6-10-13)16(17)18-14-11-7-4-8-12-14;1-11(2)10-13(14)15-9-8-12-6-4-3-5-7-12/h3-12,15H,2H2,1H3;3-7,11H,8-10H2,1-2H3. The fourth-order valence-electron chi connectivity index (χ4n) is 3.22. The van der Waals surface area contributed by atoms with E-state index in [1.807, 2.05) is 99.6 Å². The highest BCUT2D eigenvalue weighted by Crippen LogP contribution is 2.22. The molecule has 0 saturated heterocycles. The van der Waals surface area contributed by atoms with Crippen LogP contribution in [-0.4, -0.2) is 18.5 Å². The van der Waals surface area contributed by atoms with Crippen LogP contribution >= 0.6 is 0 Å². The van der Waals surface area contributed by atoms with Crippen LogP contribution in [0.1, 0.15) is 50.7 Å². The number of hydrogen-bond donors (Lipinski definition) is 0. The van der Waals surface area contributed by atoms with Gasteiger partial charge in [0.15, 0.2) is 0 Å². The summed E-state index contributed by atoms with van der Waals surface area (Å²) >= 11 is 0. The maximum Gasteiger partial charge on any atom is 0.318 e. The molecule has 33 heavy (non-hydrogen) atoms. The molecule has 1 unspecified atom stereocenters. The molecular weight excluding hydrogens is 412 g/mol. The van der Waals surface area contributed by atoms with Crippen LogP contribution in [0.5, 0.6) is 5.75 Å². The van der Waals surface area contributed by atoms with E-state index in [4.69, 9.17) is 9.47 Å². The van der Waals surface area contributed by atoms with Crippen molar-refractivity contribution >= 4 is 11.9 Å². The van der Waals surface area contributed by atoms with Crippen molar-refractivity contribution < 1.29 is 19.1 Å². The minimum absolute atomic E-state index is 0.0964. The summed E-state index contributed by atoms with van der Waals surface area (Å²) in [5, 5.41) is 0. The summed E-state index contributed by atoms with van der Waals surface area (Å²) < 4.78 is 10.5. The Morgan fingerprint density at radius 2 is 1.33 bits per heavy atom. The zero-order valence-electron chi connectivity index (χ0n) is 19.8. The molecule has 0 radical (unpaired) electrons. The lowest BCUT2D eigenvalue weighted by Gasteiger charge is -2.14. The normalized spacial score (nSPS) is 11.2. The van der Waals surface area contributed by atoms with E-state index in [0.717, 1.165) is 18.4 Å². The Morgan fingerprint density at radius 3 is 1.88 bits per heavy atom. The molecule has 0 aliphatic rings. The molecule has 0 saturated carbocycles. The first kappa shape index (κ1) is 25.9. The third-order valence-corrected chi connectivity index (χ3v) is 4.93. The van der Waals surface area contributed by atoms with Crippen LogP contribution in [0.3, 0.4) is 0 Å². The van der Waals surface area contributed by atoms with Gasteiger partial charge in [-0.1, -0.05) is 99.6 Å². The second-order valence-corrected chi connectivity index (χ2v) is 8.16. The van der Waals surface area contributed by atoms with Gasteiger partial charge in [-0.25, -0.2) is 0 Å². The molecule has 4 heteroatoms. The number of benzene rings is 3. The Kier molecular flexibility index (Phi) is 11.5. The van der Waals surface area contributed by atoms with Gasteiger partial charge in [-0.05, 0) is 35.6 Å². The molecule has 0 bridgehead atoms. The van der Waals surface area contributed by atoms with E-state index in [-0.39, 0.29) is 17.9 Å². The van der Waals surface area contributed by atoms with Crippen LogP contribution in [0.15, 0.2) is 91.0 Å². The summed E-state index contributed by atoms with van der Waals surface area (Å²) in [5.41, 5.74) is 2.20. The lowest BCUT2D eigenvalue weighted by Crippen LogP contribution is -2.18. The van der Waals surface area contributed by atoms with Gasteiger partial charge in [0.05, 0.1) is 12.5 Å². The van der Waals surface area contributed by atoms with Crippen LogP contribution in [0.25, 0.3) is 0 Å². The highest BCUT2D eigenvalue weighted by Gasteiger charge is 2.20. The number of ether oxygens (including phenoxy) is 2. The van der Waals surface area contributed by atoms with Crippen molar-refractivity contribution in [3.8, 4) is 5.75 Å². The molecular formula is C29H34O4. The summed E-state index contributed by atoms with van der Waals surface area (Å²) in [7, 11) is 0. The molecule has 0 aliphatic carbocycles. The highest BCUT2D eigenvalue weighted by atomic mass is 16.5. The first-order chi connectivity index (χ1) is 16.0. The third-order valence-electron chi connectivity index (χ3n) is 4.93. The molecule has 0 aromatic heterocycles. The smallest absolute Gasteiger partial charge is 0.318 e. The van der Waals surface area contributed by atoms with Crippen molar-refractivity contribution in [3.63, 3.8) is 0 Å². The second kappa shape index (κ2) is 14.6. The van der Waals surface area contributed by atoms with Crippen LogP contribution < -0.4 is 4.74 Å². The van der Waals surface area contributed by atoms with Crippen LogP contribution in [-0.2, 0) is 20.7 Å². The SMILES string of the molecule is CC(C)CC(=O)OCCc1ccccc1.CCC(C(=O)Oc1ccccc1)c1ccccc1. The van der Waals surface area contributed by atoms with Gasteiger partial charge in [0.2, 0.25) is 0 Å². The average molecular weight is 447 g/mol. The summed E-state index contributed by atoms with van der Waals surface area (Å²) in [6, 6.07) is 29.0. The van der Waals surface area contributed by atoms with Gasteiger partial charge >= 0.3 is 11.9 Å². The van der Waals surface area contributed by atoms with E-state index < -0.39 is 0 Å². The van der Waals surface area contributed by atoms with Crippen molar-refractivity contribution in [1.29, 1.82) is 0 Å². The molecule has 3 aromatic carbocycles. The second-order valence-electron chi connectivity index (χ2n) is 8.16. The largest absolute Gasteiger partial charge is 0.465 e. The zero-order chi connectivity index (χ0) is 23.9. The fraction of sp³-hybridized carbons (Fsp3) is 0.310. The molecule has 3 rings (SSSR count). The summed E-state index contributed by atoms with van der Waals surface area (Å²) in [6.45, 7) is 6.50. The van der Waals surface area contributed by atoms with Gasteiger partial charge in [0.25, 0.3) is 0 Å². The van der Waals surface area contributed by atoms with E-state index in [1.165, 1.54) is 5.56 Å². The van der Waals surface area contributed by atoms with Crippen molar-refractivity contribution in [2.45, 2.75) is 46.0 Å². The first-order valence-electron chi connectivity index (χ1n) is 11.5. The predicted octanol–water partition coefficient (Wildman–Crippen LogP) is 6.60. The predicted molar refractivity (Wildman–Crippen MR) is 132 cm³/mol. The van der Waals surface area contributed by atoms with Crippen molar-refractivity contribution in [2.75, 3.05) is 6.61 Å². The van der Waals surface area contributed by atoms with Crippen LogP contribution in [0.4, 0.5) is 0 Å². The number of carbonyl (C=O) groups is 2. The Morgan fingerprint density at radius 1 is 0.788 bits per heavy atom. The number of para-hydroxylation sites is 1. The van der Waals surface area contributed by atoms with Crippen molar-refractivity contribution in [2.24, 2.45) is 5.92 Å². The quantitative estimate of drug-likeness (QED) is 0.274. The zero-order valence-corrected chi connectivity index (χ0v) is 19.8. The van der Waals surface area contributed by atoms with Gasteiger partial charge in [0, 0.05) is 12.8 Å². The number of hydrogen-bond acceptors (Lipinski definition) is 4. The van der Waals surface area contributed by atoms with E-state index in [1.54, 1.807) is 12.1 Å². The van der Waals surface area contributed by atoms with Gasteiger partial charge in [-0.2, -0.15) is 0 Å². The number of esters is 2. The molecule has 4 nitrogen and oxygen atoms in total. The summed E-state index contributed by atoms with van der Waals surface area (Å²) in [5.74, 6) is 0.466. The molecule has 174 valence electrons. The summed E-state index contributed by atoms with van der Waals surface area (Å²) in [4.78, 5) is 23.3. The lowest BCUT2D eigenvalue weighted by atomic mass is 9.97. The molecule has 0 amide bonds. The maximum absolute atomic E-state index is 12.1. The van der Waals surface area contributed by atoms with E-state index in [2.05, 4.69) is 0 Å². The molecule has 0 N–H and O–H groups in total. The topological polar surface area (TPSA) is 52.6 Å². The van der Waals surface area contributed by atoms with Crippen molar-refractivity contribution in [1.82, 2.24) is 0 Å². The molecule has 1 atom stereocenters. The number of carbonyl (C=O) groups excluding carboxylic acids is 2. The summed E-state index contributed by atoms with van der Waals surface area (Å²) in [6.07, 6.45) is 2.04. The monoisotopic (exact) mass is 446 g/mol. The van der Waals surface area contributed by atoms with Crippen LogP contribution in [0.2, 0.25) is 0 Å². The lowest BCUT2D eigenvalue weighted by molar-refractivity contribution is -0.144. The third kappa shape index (κ3) is 10.2. The molecule has 0 aliphatic heterocycles. The fourth-order valence-corrected chi connectivity index (χ4v) is 3.22. The molecule has 3 aromatic rings. The van der Waals surface area contributed by atoms with Gasteiger partial charge in [0.1, 0.15) is 5.75 Å². The first-order valence-corrected chi connectivity index (χ1v) is 11.5. The van der Waals surface area contributed by atoms with E-state index in [9.17, 15) is 9.59 Å². The van der Waals surface area contributed by atoms with Crippen molar-refractivity contribution in [3.05, 3.63) is 102 Å². The minimum atomic E-state index is -0.202. The molecule has 0 heterocycles. The number of rotatable bonds is 9. The van der Waals surface area contributed by atoms with Gasteiger partial charge < -0.3 is 9.47 Å². The highest BCUT2D eigenvalue weighted by molar-refractivity contribution is 5.80. The average Bonchev–Trinajstić information content (AvgIpc) is 2.81. The Hall–Kier alpha value is -3.40. The van der Waals surface area contributed by atoms with Gasteiger partial charge in [-0.3, -0.25) is 9.59 Å².